The second-order valence-corrected chi connectivity index (χ2v) is 11.6. The number of nitrogens with one attached hydrogen (secondary N) is 1. The number of hydrogen-bond acceptors (Lipinski definition) is 6. The summed E-state index contributed by atoms with van der Waals surface area (Å²) in [6, 6.07) is 13.2. The monoisotopic (exact) mass is 474 g/mol. The van der Waals surface area contributed by atoms with Crippen LogP contribution in [0.2, 0.25) is 0 Å². The Morgan fingerprint density at radius 2 is 1.94 bits per heavy atom. The molecule has 3 N–H and O–H groups in total. The molecule has 6 atom stereocenters. The molecule has 7 aliphatic rings. The van der Waals surface area contributed by atoms with Crippen molar-refractivity contribution >= 4 is 11.6 Å². The van der Waals surface area contributed by atoms with Crippen LogP contribution in [0, 0.1) is 5.92 Å². The molecule has 2 aromatic rings. The van der Waals surface area contributed by atoms with E-state index in [2.05, 4.69) is 10.2 Å². The molecule has 5 fully saturated rings. The van der Waals surface area contributed by atoms with Crippen molar-refractivity contribution in [3.8, 4) is 11.5 Å². The number of carbonyl (C=O) groups excluding carboxylic acids is 1. The quantitative estimate of drug-likeness (QED) is 0.631. The van der Waals surface area contributed by atoms with Crippen molar-refractivity contribution in [2.75, 3.05) is 18.4 Å². The van der Waals surface area contributed by atoms with Gasteiger partial charge in [-0.25, -0.2) is 0 Å². The van der Waals surface area contributed by atoms with Gasteiger partial charge in [0.1, 0.15) is 11.7 Å². The van der Waals surface area contributed by atoms with Gasteiger partial charge in [-0.1, -0.05) is 24.3 Å². The third kappa shape index (κ3) is 2.40. The van der Waals surface area contributed by atoms with Gasteiger partial charge < -0.3 is 25.0 Å². The normalized spacial score (nSPS) is 40.2. The lowest BCUT2D eigenvalue weighted by atomic mass is 9.44. The van der Waals surface area contributed by atoms with Crippen molar-refractivity contribution in [1.82, 2.24) is 4.90 Å². The molecule has 0 radical (unpaired) electrons. The number of rotatable bonds is 4. The number of phenolic OH excluding ortho intramolecular Hbond substituents is 1. The summed E-state index contributed by atoms with van der Waals surface area (Å²) >= 11 is 0. The Balaban J connectivity index is 1.28. The average Bonchev–Trinajstić information content (AvgIpc) is 3.60. The van der Waals surface area contributed by atoms with E-state index in [1.54, 1.807) is 6.07 Å². The Labute approximate surface area is 204 Å². The second kappa shape index (κ2) is 6.58. The molecule has 2 spiro atoms. The molecule has 9 rings (SSSR count). The molecular weight excluding hydrogens is 444 g/mol. The van der Waals surface area contributed by atoms with Crippen LogP contribution in [-0.4, -0.2) is 63.6 Å². The highest BCUT2D eigenvalue weighted by Crippen LogP contribution is 2.71. The number of nitrogens with zero attached hydrogens (tertiary/aromatic N) is 1. The molecule has 182 valence electrons. The maximum absolute atomic E-state index is 13.6. The number of hydrogen-bond donors (Lipinski definition) is 3. The highest BCUT2D eigenvalue weighted by atomic mass is 16.6. The fraction of sp³-hybridized carbons (Fsp3) is 0.536. The summed E-state index contributed by atoms with van der Waals surface area (Å²) in [7, 11) is 0. The van der Waals surface area contributed by atoms with E-state index in [4.69, 9.17) is 9.47 Å². The summed E-state index contributed by atoms with van der Waals surface area (Å²) in [5.74, 6) is 0.997. The molecule has 0 aromatic heterocycles. The van der Waals surface area contributed by atoms with E-state index in [1.165, 1.54) is 18.4 Å². The van der Waals surface area contributed by atoms with E-state index in [1.807, 2.05) is 36.4 Å². The number of ether oxygens (including phenoxy) is 2. The van der Waals surface area contributed by atoms with Crippen LogP contribution < -0.4 is 10.1 Å². The number of amides is 1. The minimum Gasteiger partial charge on any atom is -0.504 e. The number of aromatic hydroxyl groups is 1. The van der Waals surface area contributed by atoms with Crippen molar-refractivity contribution in [1.29, 1.82) is 0 Å². The Hall–Kier alpha value is -2.61. The number of anilines is 1. The molecule has 35 heavy (non-hydrogen) atoms. The average molecular weight is 475 g/mol. The first-order valence-corrected chi connectivity index (χ1v) is 13.0. The lowest BCUT2D eigenvalue weighted by molar-refractivity contribution is -0.344. The third-order valence-electron chi connectivity index (χ3n) is 9.90. The number of fused-ring (bicyclic) bond motifs is 2. The molecule has 7 nitrogen and oxygen atoms in total. The SMILES string of the molecule is O=C(Nc1ccccc1)[C@H]1OC23CCC1(O)C1Oc4c(O)ccc5c4C12CCN(CC1CC1)C3C5. The van der Waals surface area contributed by atoms with E-state index in [-0.39, 0.29) is 17.7 Å². The van der Waals surface area contributed by atoms with Gasteiger partial charge in [-0.2, -0.15) is 0 Å². The summed E-state index contributed by atoms with van der Waals surface area (Å²) in [6.07, 6.45) is 3.60. The Bertz CT molecular complexity index is 1250. The molecule has 7 heteroatoms. The van der Waals surface area contributed by atoms with Gasteiger partial charge in [-0.3, -0.25) is 9.69 Å². The van der Waals surface area contributed by atoms with Gasteiger partial charge in [-0.05, 0) is 74.8 Å². The van der Waals surface area contributed by atoms with Crippen molar-refractivity contribution in [2.24, 2.45) is 5.92 Å². The van der Waals surface area contributed by atoms with Crippen molar-refractivity contribution in [3.63, 3.8) is 0 Å². The molecule has 1 amide bonds. The highest BCUT2D eigenvalue weighted by Gasteiger charge is 2.82. The Morgan fingerprint density at radius 3 is 2.74 bits per heavy atom. The van der Waals surface area contributed by atoms with Gasteiger partial charge in [0, 0.05) is 23.8 Å². The summed E-state index contributed by atoms with van der Waals surface area (Å²) in [5.41, 5.74) is 0.194. The fourth-order valence-electron chi connectivity index (χ4n) is 8.33. The zero-order valence-corrected chi connectivity index (χ0v) is 19.6. The molecule has 3 saturated heterocycles. The van der Waals surface area contributed by atoms with Crippen LogP contribution in [-0.2, 0) is 21.4 Å². The van der Waals surface area contributed by atoms with Crippen LogP contribution in [0.25, 0.3) is 0 Å². The molecule has 4 heterocycles. The Kier molecular flexibility index (Phi) is 3.87. The summed E-state index contributed by atoms with van der Waals surface area (Å²) < 4.78 is 13.5. The number of para-hydroxylation sites is 1. The van der Waals surface area contributed by atoms with E-state index >= 15 is 0 Å². The minimum absolute atomic E-state index is 0.106. The maximum atomic E-state index is 13.6. The number of aliphatic hydroxyl groups is 1. The zero-order valence-electron chi connectivity index (χ0n) is 19.6. The van der Waals surface area contributed by atoms with Gasteiger partial charge in [0.25, 0.3) is 5.91 Å². The number of piperidine rings is 1. The van der Waals surface area contributed by atoms with Crippen molar-refractivity contribution in [2.45, 2.75) is 73.4 Å². The first-order valence-electron chi connectivity index (χ1n) is 13.0. The van der Waals surface area contributed by atoms with Crippen LogP contribution in [0.3, 0.4) is 0 Å². The number of benzene rings is 2. The van der Waals surface area contributed by atoms with Crippen LogP contribution in [0.5, 0.6) is 11.5 Å². The smallest absolute Gasteiger partial charge is 0.256 e. The predicted octanol–water partition coefficient (Wildman–Crippen LogP) is 2.73. The van der Waals surface area contributed by atoms with Crippen LogP contribution in [0.15, 0.2) is 42.5 Å². The molecule has 4 bridgehead atoms. The number of likely N-dealkylation sites (tertiary alicyclic amines) is 1. The second-order valence-electron chi connectivity index (χ2n) is 11.6. The lowest BCUT2D eigenvalue weighted by Gasteiger charge is -2.72. The zero-order chi connectivity index (χ0) is 23.6. The molecule has 3 aliphatic carbocycles. The molecule has 2 saturated carbocycles. The van der Waals surface area contributed by atoms with E-state index in [0.717, 1.165) is 37.4 Å². The fourth-order valence-corrected chi connectivity index (χ4v) is 8.33. The van der Waals surface area contributed by atoms with Crippen LogP contribution in [0.4, 0.5) is 5.69 Å². The van der Waals surface area contributed by atoms with Crippen LogP contribution in [0.1, 0.15) is 43.2 Å². The van der Waals surface area contributed by atoms with Crippen molar-refractivity contribution < 1.29 is 24.5 Å². The molecule has 5 unspecified atom stereocenters. The summed E-state index contributed by atoms with van der Waals surface area (Å²) in [5, 5.41) is 26.0. The predicted molar refractivity (Wildman–Crippen MR) is 127 cm³/mol. The van der Waals surface area contributed by atoms with Gasteiger partial charge in [-0.15, -0.1) is 0 Å². The molecule has 4 aliphatic heterocycles. The van der Waals surface area contributed by atoms with Crippen LogP contribution >= 0.6 is 0 Å². The Morgan fingerprint density at radius 1 is 1.11 bits per heavy atom. The standard InChI is InChI=1S/C28H30N2O5/c31-19-9-8-17-14-20-28-11-10-27(33,23(35-28)24(32)29-18-4-2-1-3-5-18)25-26(28,21(17)22(19)34-25)12-13-30(20)15-16-6-7-16/h1-5,8-9,16,20,23,25,31,33H,6-7,10-15H2,(H,29,32)/t20?,23-,25?,26?,27?,28?/m1/s1. The topological polar surface area (TPSA) is 91.3 Å². The maximum Gasteiger partial charge on any atom is 0.256 e. The van der Waals surface area contributed by atoms with E-state index in [9.17, 15) is 15.0 Å². The summed E-state index contributed by atoms with van der Waals surface area (Å²) in [6.45, 7) is 1.97. The van der Waals surface area contributed by atoms with Crippen molar-refractivity contribution in [3.05, 3.63) is 53.6 Å². The summed E-state index contributed by atoms with van der Waals surface area (Å²) in [4.78, 5) is 16.2. The highest BCUT2D eigenvalue weighted by molar-refractivity contribution is 5.95. The number of phenols is 1. The minimum atomic E-state index is -1.48. The third-order valence-corrected chi connectivity index (χ3v) is 9.90. The van der Waals surface area contributed by atoms with E-state index in [0.29, 0.717) is 24.3 Å². The largest absolute Gasteiger partial charge is 0.504 e. The first-order chi connectivity index (χ1) is 17.0. The van der Waals surface area contributed by atoms with E-state index < -0.39 is 28.8 Å². The molecule has 2 aromatic carbocycles. The number of carbonyl (C=O) groups is 1. The van der Waals surface area contributed by atoms with Gasteiger partial charge in [0.05, 0.1) is 11.0 Å². The first kappa shape index (κ1) is 20.6. The lowest BCUT2D eigenvalue weighted by Crippen LogP contribution is -2.87. The van der Waals surface area contributed by atoms with Gasteiger partial charge in [0.15, 0.2) is 17.6 Å². The van der Waals surface area contributed by atoms with Gasteiger partial charge in [0.2, 0.25) is 0 Å². The van der Waals surface area contributed by atoms with Gasteiger partial charge >= 0.3 is 0 Å². The molecular formula is C28H30N2O5.